The molecule has 1 saturated heterocycles. The zero-order chi connectivity index (χ0) is 25.8. The van der Waals surface area contributed by atoms with Gasteiger partial charge in [0.15, 0.2) is 6.16 Å². The minimum Gasteiger partial charge on any atom is -0.461 e. The summed E-state index contributed by atoms with van der Waals surface area (Å²) < 4.78 is 33.7. The molecule has 1 fully saturated rings. The van der Waals surface area contributed by atoms with Gasteiger partial charge in [-0.1, -0.05) is 0 Å². The largest absolute Gasteiger partial charge is 0.505 e. The van der Waals surface area contributed by atoms with Crippen molar-refractivity contribution in [2.75, 3.05) is 12.7 Å². The third kappa shape index (κ3) is 10.0. The molecule has 1 aromatic rings. The van der Waals surface area contributed by atoms with Gasteiger partial charge in [-0.15, -0.1) is 12.3 Å². The Morgan fingerprint density at radius 3 is 2.46 bits per heavy atom. The van der Waals surface area contributed by atoms with Gasteiger partial charge in [0.25, 0.3) is 5.91 Å². The van der Waals surface area contributed by atoms with Crippen LogP contribution in [0.1, 0.15) is 56.3 Å². The lowest BCUT2D eigenvalue weighted by molar-refractivity contribution is -0.249. The normalized spacial score (nSPS) is 21.8. The molecule has 0 bridgehead atoms. The molecule has 2 unspecified atom stereocenters. The highest BCUT2D eigenvalue weighted by Gasteiger charge is 2.45. The van der Waals surface area contributed by atoms with Gasteiger partial charge in [0.1, 0.15) is 11.9 Å². The van der Waals surface area contributed by atoms with E-state index in [-0.39, 0.29) is 24.9 Å². The average Bonchev–Trinajstić information content (AvgIpc) is 2.79. The van der Waals surface area contributed by atoms with Crippen molar-refractivity contribution in [3.8, 4) is 18.1 Å². The van der Waals surface area contributed by atoms with E-state index in [4.69, 9.17) is 30.3 Å². The van der Waals surface area contributed by atoms with Gasteiger partial charge >= 0.3 is 20.0 Å². The number of hydrogen-bond donors (Lipinski definition) is 2. The van der Waals surface area contributed by atoms with Gasteiger partial charge in [-0.3, -0.25) is 14.4 Å². The molecule has 1 heterocycles. The van der Waals surface area contributed by atoms with E-state index < -0.39 is 44.6 Å². The third-order valence-corrected chi connectivity index (χ3v) is 5.76. The SMILES string of the molecule is C#CCCCCNC(=O)c1ccc(OC2O[C@H](CC[P+](=O)O)C[C@H](OC(C)=O)[C@@H]2OC(C)=O)cc1. The fourth-order valence-corrected chi connectivity index (χ4v) is 4.06. The van der Waals surface area contributed by atoms with Crippen molar-refractivity contribution in [3.63, 3.8) is 0 Å². The average molecular weight is 508 g/mol. The fraction of sp³-hybridized carbons (Fsp3) is 0.542. The molecule has 0 saturated carbocycles. The first-order valence-electron chi connectivity index (χ1n) is 11.3. The molecule has 10 nitrogen and oxygen atoms in total. The highest BCUT2D eigenvalue weighted by molar-refractivity contribution is 7.37. The molecule has 1 aliphatic heterocycles. The molecule has 0 spiro atoms. The Kier molecular flexibility index (Phi) is 11.6. The summed E-state index contributed by atoms with van der Waals surface area (Å²) in [7, 11) is -2.37. The van der Waals surface area contributed by atoms with Crippen molar-refractivity contribution in [1.82, 2.24) is 5.32 Å². The highest BCUT2D eigenvalue weighted by atomic mass is 31.1. The number of unbranched alkanes of at least 4 members (excludes halogenated alkanes) is 2. The van der Waals surface area contributed by atoms with Crippen molar-refractivity contribution < 1.29 is 42.8 Å². The number of esters is 2. The Morgan fingerprint density at radius 2 is 1.86 bits per heavy atom. The molecule has 0 aromatic heterocycles. The van der Waals surface area contributed by atoms with Crippen LogP contribution in [0.15, 0.2) is 24.3 Å². The zero-order valence-corrected chi connectivity index (χ0v) is 20.7. The van der Waals surface area contributed by atoms with Crippen LogP contribution in [0.25, 0.3) is 0 Å². The van der Waals surface area contributed by atoms with Crippen LogP contribution in [-0.4, -0.2) is 60.0 Å². The van der Waals surface area contributed by atoms with Gasteiger partial charge in [-0.25, -0.2) is 0 Å². The van der Waals surface area contributed by atoms with Gasteiger partial charge in [0.2, 0.25) is 12.4 Å². The van der Waals surface area contributed by atoms with Gasteiger partial charge in [0, 0.05) is 45.2 Å². The maximum Gasteiger partial charge on any atom is 0.505 e. The monoisotopic (exact) mass is 508 g/mol. The molecule has 1 aliphatic rings. The van der Waals surface area contributed by atoms with Crippen molar-refractivity contribution in [2.45, 2.75) is 70.6 Å². The molecule has 1 amide bonds. The smallest absolute Gasteiger partial charge is 0.461 e. The van der Waals surface area contributed by atoms with Gasteiger partial charge in [0.05, 0.1) is 6.10 Å². The lowest BCUT2D eigenvalue weighted by Gasteiger charge is -2.39. The van der Waals surface area contributed by atoms with E-state index in [2.05, 4.69) is 11.2 Å². The number of amides is 1. The van der Waals surface area contributed by atoms with Crippen LogP contribution in [0.5, 0.6) is 5.75 Å². The molecular formula is C24H31NO9P+. The first kappa shape index (κ1) is 28.2. The lowest BCUT2D eigenvalue weighted by atomic mass is 10.00. The third-order valence-electron chi connectivity index (χ3n) is 5.12. The number of terminal acetylenes is 1. The second kappa shape index (κ2) is 14.4. The summed E-state index contributed by atoms with van der Waals surface area (Å²) in [5.74, 6) is 1.45. The van der Waals surface area contributed by atoms with E-state index in [0.717, 1.165) is 12.8 Å². The number of carbonyl (C=O) groups excluding carboxylic acids is 3. The number of hydrogen-bond acceptors (Lipinski definition) is 8. The predicted octanol–water partition coefficient (Wildman–Crippen LogP) is 2.70. The fourth-order valence-electron chi connectivity index (χ4n) is 3.55. The molecule has 190 valence electrons. The predicted molar refractivity (Wildman–Crippen MR) is 126 cm³/mol. The van der Waals surface area contributed by atoms with E-state index in [1.165, 1.54) is 13.8 Å². The van der Waals surface area contributed by atoms with E-state index in [1.807, 2.05) is 0 Å². The van der Waals surface area contributed by atoms with Crippen LogP contribution in [0.2, 0.25) is 0 Å². The van der Waals surface area contributed by atoms with Crippen molar-refractivity contribution in [3.05, 3.63) is 29.8 Å². The molecule has 1 aromatic carbocycles. The van der Waals surface area contributed by atoms with Crippen LogP contribution < -0.4 is 10.1 Å². The molecule has 0 aliphatic carbocycles. The Labute approximate surface area is 205 Å². The molecule has 5 atom stereocenters. The van der Waals surface area contributed by atoms with E-state index in [0.29, 0.717) is 24.3 Å². The number of benzene rings is 1. The number of ether oxygens (including phenoxy) is 4. The van der Waals surface area contributed by atoms with Gasteiger partial charge in [-0.05, 0) is 41.7 Å². The summed E-state index contributed by atoms with van der Waals surface area (Å²) >= 11 is 0. The van der Waals surface area contributed by atoms with Crippen molar-refractivity contribution >= 4 is 25.9 Å². The zero-order valence-electron chi connectivity index (χ0n) is 19.8. The minimum atomic E-state index is -2.37. The molecule has 35 heavy (non-hydrogen) atoms. The Bertz CT molecular complexity index is 928. The maximum absolute atomic E-state index is 12.3. The van der Waals surface area contributed by atoms with Crippen LogP contribution in [-0.2, 0) is 28.4 Å². The van der Waals surface area contributed by atoms with E-state index in [9.17, 15) is 18.9 Å². The Hall–Kier alpha value is -2.99. The molecule has 2 N–H and O–H groups in total. The Morgan fingerprint density at radius 1 is 1.17 bits per heavy atom. The first-order valence-corrected chi connectivity index (χ1v) is 12.7. The summed E-state index contributed by atoms with van der Waals surface area (Å²) in [6.45, 7) is 2.95. The molecule has 0 radical (unpaired) electrons. The van der Waals surface area contributed by atoms with Crippen LogP contribution in [0.4, 0.5) is 0 Å². The quantitative estimate of drug-likeness (QED) is 0.189. The van der Waals surface area contributed by atoms with Crippen LogP contribution >= 0.6 is 8.03 Å². The maximum atomic E-state index is 12.3. The molecular weight excluding hydrogens is 477 g/mol. The summed E-state index contributed by atoms with van der Waals surface area (Å²) in [4.78, 5) is 44.8. The summed E-state index contributed by atoms with van der Waals surface area (Å²) in [6, 6.07) is 6.29. The van der Waals surface area contributed by atoms with Crippen molar-refractivity contribution in [2.24, 2.45) is 0 Å². The summed E-state index contributed by atoms with van der Waals surface area (Å²) in [5, 5.41) is 2.82. The number of rotatable bonds is 12. The lowest BCUT2D eigenvalue weighted by Crippen LogP contribution is -2.54. The number of nitrogens with one attached hydrogen (secondary N) is 1. The molecule has 11 heteroatoms. The van der Waals surface area contributed by atoms with Gasteiger partial charge in [-0.2, -0.15) is 4.89 Å². The van der Waals surface area contributed by atoms with E-state index in [1.54, 1.807) is 24.3 Å². The second-order valence-corrected chi connectivity index (χ2v) is 9.16. The topological polar surface area (TPSA) is 137 Å². The van der Waals surface area contributed by atoms with E-state index >= 15 is 0 Å². The Balaban J connectivity index is 2.10. The van der Waals surface area contributed by atoms with Crippen molar-refractivity contribution in [1.29, 1.82) is 0 Å². The second-order valence-electron chi connectivity index (χ2n) is 8.01. The first-order chi connectivity index (χ1) is 16.7. The summed E-state index contributed by atoms with van der Waals surface area (Å²) in [5.41, 5.74) is 0.429. The summed E-state index contributed by atoms with van der Waals surface area (Å²) in [6.07, 6.45) is 4.23. The molecule has 2 rings (SSSR count). The standard InChI is InChI=1S/C24H30NO9P/c1-4-5-6-7-13-25-23(28)18-8-10-19(11-9-18)33-24-22(32-17(3)27)21(31-16(2)26)15-20(34-24)12-14-35(29)30/h1,8-11,20-22,24H,5-7,12-15H2,2-3H3,(H-,25,28,29,30)/p+1/t20-,21+,22+,24?/m1/s1. The number of carbonyl (C=O) groups is 3. The minimum absolute atomic E-state index is 0.00964. The highest BCUT2D eigenvalue weighted by Crippen LogP contribution is 2.31. The van der Waals surface area contributed by atoms with Crippen LogP contribution in [0.3, 0.4) is 0 Å². The van der Waals surface area contributed by atoms with Crippen LogP contribution in [0, 0.1) is 12.3 Å². The van der Waals surface area contributed by atoms with Gasteiger partial charge < -0.3 is 24.3 Å².